The third-order valence-corrected chi connectivity index (χ3v) is 4.77. The third-order valence-electron chi connectivity index (χ3n) is 4.77. The van der Waals surface area contributed by atoms with Crippen molar-refractivity contribution in [1.82, 2.24) is 15.4 Å². The maximum absolute atomic E-state index is 13.0. The van der Waals surface area contributed by atoms with Crippen LogP contribution in [0.25, 0.3) is 11.3 Å². The fourth-order valence-corrected chi connectivity index (χ4v) is 3.34. The van der Waals surface area contributed by atoms with E-state index in [1.54, 1.807) is 25.2 Å². The lowest BCUT2D eigenvalue weighted by molar-refractivity contribution is -0.126. The van der Waals surface area contributed by atoms with Crippen molar-refractivity contribution >= 4 is 11.8 Å². The second-order valence-corrected chi connectivity index (χ2v) is 6.57. The van der Waals surface area contributed by atoms with Crippen molar-refractivity contribution in [3.63, 3.8) is 0 Å². The van der Waals surface area contributed by atoms with Crippen LogP contribution in [0.2, 0.25) is 0 Å². The zero-order valence-corrected chi connectivity index (χ0v) is 16.1. The smallest absolute Gasteiger partial charge is 0.276 e. The zero-order valence-electron chi connectivity index (χ0n) is 16.1. The van der Waals surface area contributed by atoms with Gasteiger partial charge < -0.3 is 24.2 Å². The van der Waals surface area contributed by atoms with Crippen LogP contribution in [0, 0.1) is 0 Å². The van der Waals surface area contributed by atoms with Crippen molar-refractivity contribution in [3.05, 3.63) is 36.0 Å². The third kappa shape index (κ3) is 4.33. The minimum atomic E-state index is -0.510. The number of rotatable bonds is 7. The van der Waals surface area contributed by atoms with Crippen LogP contribution in [-0.4, -0.2) is 61.8 Å². The Labute approximate surface area is 163 Å². The molecule has 2 aromatic rings. The molecule has 0 radical (unpaired) electrons. The van der Waals surface area contributed by atoms with Gasteiger partial charge in [-0.2, -0.15) is 0 Å². The van der Waals surface area contributed by atoms with Crippen LogP contribution in [-0.2, 0) is 9.53 Å². The summed E-state index contributed by atoms with van der Waals surface area (Å²) in [5.41, 5.74) is 0.890. The molecule has 0 saturated carbocycles. The predicted octanol–water partition coefficient (Wildman–Crippen LogP) is 2.11. The lowest BCUT2D eigenvalue weighted by Crippen LogP contribution is -2.52. The number of benzene rings is 1. The summed E-state index contributed by atoms with van der Waals surface area (Å²) in [6.07, 6.45) is 2.38. The molecule has 0 aliphatic carbocycles. The van der Waals surface area contributed by atoms with E-state index in [0.717, 1.165) is 12.8 Å². The van der Waals surface area contributed by atoms with Crippen LogP contribution in [0.3, 0.4) is 0 Å². The second-order valence-electron chi connectivity index (χ2n) is 6.57. The van der Waals surface area contributed by atoms with Gasteiger partial charge >= 0.3 is 0 Å². The van der Waals surface area contributed by atoms with Gasteiger partial charge in [0.25, 0.3) is 5.91 Å². The molecule has 1 fully saturated rings. The Morgan fingerprint density at radius 2 is 2.11 bits per heavy atom. The standard InChI is InChI=1S/C20H25N3O5/c1-26-12-10-21-19(24)16-8-5-6-11-23(16)20(25)15-13-18(28-22-15)14-7-3-4-9-17(14)27-2/h3-4,7,9,13,16H,5-6,8,10-12H2,1-2H3,(H,21,24). The summed E-state index contributed by atoms with van der Waals surface area (Å²) in [5.74, 6) is 0.597. The highest BCUT2D eigenvalue weighted by Crippen LogP contribution is 2.30. The van der Waals surface area contributed by atoms with Gasteiger partial charge in [-0.1, -0.05) is 17.3 Å². The maximum Gasteiger partial charge on any atom is 0.276 e. The number of hydrogen-bond donors (Lipinski definition) is 1. The number of para-hydroxylation sites is 1. The molecule has 3 rings (SSSR count). The normalized spacial score (nSPS) is 16.6. The highest BCUT2D eigenvalue weighted by Gasteiger charge is 2.34. The number of likely N-dealkylation sites (tertiary alicyclic amines) is 1. The SMILES string of the molecule is COCCNC(=O)C1CCCCN1C(=O)c1cc(-c2ccccc2OC)on1. The molecule has 8 heteroatoms. The molecule has 0 bridgehead atoms. The fraction of sp³-hybridized carbons (Fsp3) is 0.450. The number of hydrogen-bond acceptors (Lipinski definition) is 6. The summed E-state index contributed by atoms with van der Waals surface area (Å²) in [5, 5.41) is 6.76. The zero-order chi connectivity index (χ0) is 19.9. The van der Waals surface area contributed by atoms with Crippen molar-refractivity contribution in [2.75, 3.05) is 33.9 Å². The lowest BCUT2D eigenvalue weighted by atomic mass is 10.0. The molecule has 1 aromatic carbocycles. The summed E-state index contributed by atoms with van der Waals surface area (Å²) in [4.78, 5) is 27.1. The van der Waals surface area contributed by atoms with E-state index >= 15 is 0 Å². The molecule has 1 aromatic heterocycles. The number of piperidine rings is 1. The van der Waals surface area contributed by atoms with E-state index in [9.17, 15) is 9.59 Å². The number of ether oxygens (including phenoxy) is 2. The van der Waals surface area contributed by atoms with Crippen molar-refractivity contribution in [3.8, 4) is 17.1 Å². The van der Waals surface area contributed by atoms with E-state index in [1.807, 2.05) is 24.3 Å². The molecule has 2 amide bonds. The Hall–Kier alpha value is -2.87. The van der Waals surface area contributed by atoms with Gasteiger partial charge in [-0.15, -0.1) is 0 Å². The van der Waals surface area contributed by atoms with E-state index in [2.05, 4.69) is 10.5 Å². The summed E-state index contributed by atoms with van der Waals surface area (Å²) in [6, 6.07) is 8.43. The molecule has 28 heavy (non-hydrogen) atoms. The number of nitrogens with zero attached hydrogens (tertiary/aromatic N) is 2. The molecule has 1 aliphatic rings. The molecule has 0 spiro atoms. The molecule has 1 aliphatic heterocycles. The molecule has 1 N–H and O–H groups in total. The quantitative estimate of drug-likeness (QED) is 0.732. The predicted molar refractivity (Wildman–Crippen MR) is 102 cm³/mol. The van der Waals surface area contributed by atoms with Gasteiger partial charge in [-0.05, 0) is 31.4 Å². The minimum absolute atomic E-state index is 0.168. The number of methoxy groups -OCH3 is 2. The van der Waals surface area contributed by atoms with Gasteiger partial charge in [-0.25, -0.2) is 0 Å². The van der Waals surface area contributed by atoms with Crippen LogP contribution in [0.15, 0.2) is 34.9 Å². The molecular weight excluding hydrogens is 362 g/mol. The summed E-state index contributed by atoms with van der Waals surface area (Å²) < 4.78 is 15.7. The molecule has 1 unspecified atom stereocenters. The van der Waals surface area contributed by atoms with Crippen LogP contribution in [0.1, 0.15) is 29.8 Å². The number of amides is 2. The van der Waals surface area contributed by atoms with Gasteiger partial charge in [0.1, 0.15) is 11.8 Å². The first kappa shape index (κ1) is 19.9. The number of nitrogens with one attached hydrogen (secondary N) is 1. The first-order chi connectivity index (χ1) is 13.7. The van der Waals surface area contributed by atoms with Gasteiger partial charge in [0, 0.05) is 26.3 Å². The molecule has 8 nitrogen and oxygen atoms in total. The van der Waals surface area contributed by atoms with E-state index in [0.29, 0.717) is 43.2 Å². The van der Waals surface area contributed by atoms with Crippen molar-refractivity contribution < 1.29 is 23.6 Å². The monoisotopic (exact) mass is 387 g/mol. The Morgan fingerprint density at radius 3 is 2.89 bits per heavy atom. The Balaban J connectivity index is 1.76. The molecule has 1 atom stereocenters. The maximum atomic E-state index is 13.0. The first-order valence-electron chi connectivity index (χ1n) is 9.33. The van der Waals surface area contributed by atoms with Gasteiger partial charge in [0.2, 0.25) is 5.91 Å². The molecule has 1 saturated heterocycles. The van der Waals surface area contributed by atoms with E-state index in [-0.39, 0.29) is 17.5 Å². The van der Waals surface area contributed by atoms with Crippen molar-refractivity contribution in [1.29, 1.82) is 0 Å². The van der Waals surface area contributed by atoms with Crippen molar-refractivity contribution in [2.45, 2.75) is 25.3 Å². The van der Waals surface area contributed by atoms with Crippen molar-refractivity contribution in [2.24, 2.45) is 0 Å². The molecular formula is C20H25N3O5. The summed E-state index contributed by atoms with van der Waals surface area (Å²) in [7, 11) is 3.15. The topological polar surface area (TPSA) is 93.9 Å². The first-order valence-corrected chi connectivity index (χ1v) is 9.33. The summed E-state index contributed by atoms with van der Waals surface area (Å²) >= 11 is 0. The number of carbonyl (C=O) groups is 2. The van der Waals surface area contributed by atoms with Crippen LogP contribution in [0.5, 0.6) is 5.75 Å². The minimum Gasteiger partial charge on any atom is -0.496 e. The van der Waals surface area contributed by atoms with E-state index in [4.69, 9.17) is 14.0 Å². The van der Waals surface area contributed by atoms with Gasteiger partial charge in [0.05, 0.1) is 19.3 Å². The van der Waals surface area contributed by atoms with E-state index in [1.165, 1.54) is 0 Å². The lowest BCUT2D eigenvalue weighted by Gasteiger charge is -2.34. The van der Waals surface area contributed by atoms with Crippen LogP contribution in [0.4, 0.5) is 0 Å². The highest BCUT2D eigenvalue weighted by molar-refractivity contribution is 5.97. The Morgan fingerprint density at radius 1 is 1.29 bits per heavy atom. The van der Waals surface area contributed by atoms with Crippen LogP contribution < -0.4 is 10.1 Å². The van der Waals surface area contributed by atoms with E-state index < -0.39 is 6.04 Å². The number of carbonyl (C=O) groups excluding carboxylic acids is 2. The highest BCUT2D eigenvalue weighted by atomic mass is 16.5. The van der Waals surface area contributed by atoms with Gasteiger partial charge in [0.15, 0.2) is 11.5 Å². The average Bonchev–Trinajstić information content (AvgIpc) is 3.23. The molecule has 2 heterocycles. The summed E-state index contributed by atoms with van der Waals surface area (Å²) in [6.45, 7) is 1.35. The Kier molecular flexibility index (Phi) is 6.65. The molecule has 150 valence electrons. The van der Waals surface area contributed by atoms with Gasteiger partial charge in [-0.3, -0.25) is 9.59 Å². The largest absolute Gasteiger partial charge is 0.496 e. The van der Waals surface area contributed by atoms with Crippen LogP contribution >= 0.6 is 0 Å². The Bertz CT molecular complexity index is 820. The fourth-order valence-electron chi connectivity index (χ4n) is 3.34. The second kappa shape index (κ2) is 9.36. The average molecular weight is 387 g/mol. The number of aromatic nitrogens is 1.